The molecule has 29 heavy (non-hydrogen) atoms. The number of nitrogens with one attached hydrogen (secondary N) is 1. The smallest absolute Gasteiger partial charge is 0.271 e. The van der Waals surface area contributed by atoms with Crippen molar-refractivity contribution in [3.63, 3.8) is 0 Å². The second-order valence-electron chi connectivity index (χ2n) is 8.18. The molecular formula is C21H22BrN3O4. The van der Waals surface area contributed by atoms with Gasteiger partial charge in [0.05, 0.1) is 15.6 Å². The molecule has 2 aromatic carbocycles. The number of non-ortho nitro benzene ring substituents is 1. The molecule has 1 aliphatic rings. The lowest BCUT2D eigenvalue weighted by molar-refractivity contribution is -0.385. The third-order valence-electron chi connectivity index (χ3n) is 5.00. The third-order valence-corrected chi connectivity index (χ3v) is 5.60. The molecule has 2 atom stereocenters. The van der Waals surface area contributed by atoms with Gasteiger partial charge in [-0.05, 0) is 44.8 Å². The summed E-state index contributed by atoms with van der Waals surface area (Å²) in [5, 5.41) is 24.8. The lowest BCUT2D eigenvalue weighted by Gasteiger charge is -2.19. The van der Waals surface area contributed by atoms with E-state index in [-0.39, 0.29) is 44.6 Å². The Bertz CT molecular complexity index is 981. The van der Waals surface area contributed by atoms with Crippen LogP contribution < -0.4 is 5.43 Å². The molecule has 1 saturated carbocycles. The summed E-state index contributed by atoms with van der Waals surface area (Å²) in [6.07, 6.45) is 1.95. The number of carbonyl (C=O) groups is 1. The fourth-order valence-electron chi connectivity index (χ4n) is 3.14. The standard InChI is InChI=1S/C21H22BrN3O4/c1-21(2,3)14-6-4-12(5-7-14)16-10-17(16)20(27)24-23-11-13-8-15(25(28)29)9-18(22)19(13)26/h4-9,11,16-17,26H,10H2,1-3H3,(H,24,27)/b23-11+/t16-,17-/m1/s1. The van der Waals surface area contributed by atoms with E-state index in [0.29, 0.717) is 0 Å². The number of carbonyl (C=O) groups excluding carboxylic acids is 1. The van der Waals surface area contributed by atoms with Crippen LogP contribution in [0.3, 0.4) is 0 Å². The van der Waals surface area contributed by atoms with Crippen molar-refractivity contribution < 1.29 is 14.8 Å². The molecular weight excluding hydrogens is 438 g/mol. The highest BCUT2D eigenvalue weighted by molar-refractivity contribution is 9.10. The van der Waals surface area contributed by atoms with Crippen molar-refractivity contribution in [2.75, 3.05) is 0 Å². The van der Waals surface area contributed by atoms with E-state index in [1.807, 2.05) is 0 Å². The molecule has 3 rings (SSSR count). The molecule has 0 heterocycles. The van der Waals surface area contributed by atoms with E-state index in [1.165, 1.54) is 23.9 Å². The summed E-state index contributed by atoms with van der Waals surface area (Å²) in [7, 11) is 0. The number of rotatable bonds is 5. The predicted octanol–water partition coefficient (Wildman–Crippen LogP) is 4.61. The van der Waals surface area contributed by atoms with Crippen LogP contribution in [-0.4, -0.2) is 22.2 Å². The number of nitro benzene ring substituents is 1. The van der Waals surface area contributed by atoms with Crippen molar-refractivity contribution in [3.05, 3.63) is 67.7 Å². The summed E-state index contributed by atoms with van der Waals surface area (Å²) in [6.45, 7) is 6.47. The van der Waals surface area contributed by atoms with Crippen LogP contribution in [0, 0.1) is 16.0 Å². The Morgan fingerprint density at radius 1 is 1.31 bits per heavy atom. The zero-order chi connectivity index (χ0) is 21.3. The van der Waals surface area contributed by atoms with Crippen LogP contribution in [0.2, 0.25) is 0 Å². The second kappa shape index (κ2) is 7.94. The maximum atomic E-state index is 12.3. The molecule has 1 amide bonds. The van der Waals surface area contributed by atoms with Gasteiger partial charge in [0.2, 0.25) is 5.91 Å². The average molecular weight is 460 g/mol. The first-order chi connectivity index (χ1) is 13.6. The topological polar surface area (TPSA) is 105 Å². The normalized spacial score (nSPS) is 18.6. The summed E-state index contributed by atoms with van der Waals surface area (Å²) in [5.74, 6) is -0.385. The van der Waals surface area contributed by atoms with Crippen molar-refractivity contribution in [3.8, 4) is 5.75 Å². The van der Waals surface area contributed by atoms with Crippen LogP contribution in [0.15, 0.2) is 46.0 Å². The van der Waals surface area contributed by atoms with Gasteiger partial charge in [-0.1, -0.05) is 45.0 Å². The maximum absolute atomic E-state index is 12.3. The Morgan fingerprint density at radius 3 is 2.55 bits per heavy atom. The number of halogens is 1. The number of hydrogen-bond acceptors (Lipinski definition) is 5. The Labute approximate surface area is 177 Å². The van der Waals surface area contributed by atoms with Gasteiger partial charge in [0.1, 0.15) is 5.75 Å². The number of nitrogens with zero attached hydrogens (tertiary/aromatic N) is 2. The van der Waals surface area contributed by atoms with E-state index < -0.39 is 4.92 Å². The molecule has 0 aromatic heterocycles. The number of aromatic hydroxyl groups is 1. The molecule has 152 valence electrons. The van der Waals surface area contributed by atoms with Gasteiger partial charge in [-0.15, -0.1) is 0 Å². The molecule has 0 unspecified atom stereocenters. The number of phenolic OH excluding ortho intramolecular Hbond substituents is 1. The van der Waals surface area contributed by atoms with E-state index in [2.05, 4.69) is 71.5 Å². The number of hydrazone groups is 1. The summed E-state index contributed by atoms with van der Waals surface area (Å²) in [4.78, 5) is 22.7. The van der Waals surface area contributed by atoms with Crippen molar-refractivity contribution >= 4 is 33.7 Å². The van der Waals surface area contributed by atoms with E-state index in [1.54, 1.807) is 0 Å². The van der Waals surface area contributed by atoms with Gasteiger partial charge in [-0.2, -0.15) is 5.10 Å². The van der Waals surface area contributed by atoms with Crippen LogP contribution in [0.4, 0.5) is 5.69 Å². The highest BCUT2D eigenvalue weighted by Gasteiger charge is 2.44. The van der Waals surface area contributed by atoms with Gasteiger partial charge in [-0.25, -0.2) is 5.43 Å². The molecule has 0 bridgehead atoms. The van der Waals surface area contributed by atoms with Crippen LogP contribution in [0.1, 0.15) is 49.8 Å². The van der Waals surface area contributed by atoms with E-state index in [4.69, 9.17) is 0 Å². The van der Waals surface area contributed by atoms with Gasteiger partial charge in [0.15, 0.2) is 0 Å². The second-order valence-corrected chi connectivity index (χ2v) is 9.03. The van der Waals surface area contributed by atoms with Gasteiger partial charge in [-0.3, -0.25) is 14.9 Å². The lowest BCUT2D eigenvalue weighted by atomic mass is 9.86. The molecule has 2 N–H and O–H groups in total. The monoisotopic (exact) mass is 459 g/mol. The van der Waals surface area contributed by atoms with Gasteiger partial charge < -0.3 is 5.11 Å². The number of benzene rings is 2. The minimum Gasteiger partial charge on any atom is -0.506 e. The Morgan fingerprint density at radius 2 is 1.97 bits per heavy atom. The van der Waals surface area contributed by atoms with Crippen molar-refractivity contribution in [1.29, 1.82) is 0 Å². The first-order valence-corrected chi connectivity index (χ1v) is 9.97. The number of phenols is 1. The number of nitro groups is 1. The van der Waals surface area contributed by atoms with Crippen LogP contribution in [0.5, 0.6) is 5.75 Å². The van der Waals surface area contributed by atoms with Crippen molar-refractivity contribution in [2.45, 2.75) is 38.5 Å². The largest absolute Gasteiger partial charge is 0.506 e. The SMILES string of the molecule is CC(C)(C)c1ccc([C@H]2C[C@H]2C(=O)N/N=C/c2cc([N+](=O)[O-])cc(Br)c2O)cc1. The molecule has 0 spiro atoms. The Balaban J connectivity index is 1.62. The molecule has 0 aliphatic heterocycles. The zero-order valence-corrected chi connectivity index (χ0v) is 17.9. The van der Waals surface area contributed by atoms with Gasteiger partial charge >= 0.3 is 0 Å². The Hall–Kier alpha value is -2.74. The number of hydrogen-bond donors (Lipinski definition) is 2. The van der Waals surface area contributed by atoms with E-state index in [0.717, 1.165) is 12.0 Å². The molecule has 7 nitrogen and oxygen atoms in total. The van der Waals surface area contributed by atoms with Crippen LogP contribution in [0.25, 0.3) is 0 Å². The third kappa shape index (κ3) is 4.82. The summed E-state index contributed by atoms with van der Waals surface area (Å²) in [6, 6.07) is 10.7. The highest BCUT2D eigenvalue weighted by Crippen LogP contribution is 2.47. The van der Waals surface area contributed by atoms with E-state index >= 15 is 0 Å². The fraction of sp³-hybridized carbons (Fsp3) is 0.333. The molecule has 2 aromatic rings. The predicted molar refractivity (Wildman–Crippen MR) is 114 cm³/mol. The average Bonchev–Trinajstić information content (AvgIpc) is 3.45. The van der Waals surface area contributed by atoms with Crippen molar-refractivity contribution in [2.24, 2.45) is 11.0 Å². The summed E-state index contributed by atoms with van der Waals surface area (Å²) < 4.78 is 0.181. The summed E-state index contributed by atoms with van der Waals surface area (Å²) >= 11 is 3.07. The highest BCUT2D eigenvalue weighted by atomic mass is 79.9. The van der Waals surface area contributed by atoms with Crippen LogP contribution >= 0.6 is 15.9 Å². The fourth-order valence-corrected chi connectivity index (χ4v) is 3.60. The first-order valence-electron chi connectivity index (χ1n) is 9.18. The maximum Gasteiger partial charge on any atom is 0.271 e. The minimum atomic E-state index is -0.570. The molecule has 0 radical (unpaired) electrons. The minimum absolute atomic E-state index is 0.0840. The Kier molecular flexibility index (Phi) is 5.75. The van der Waals surface area contributed by atoms with Gasteiger partial charge in [0, 0.05) is 23.6 Å². The van der Waals surface area contributed by atoms with Crippen molar-refractivity contribution in [1.82, 2.24) is 5.43 Å². The summed E-state index contributed by atoms with van der Waals surface area (Å²) in [5.41, 5.74) is 4.86. The van der Waals surface area contributed by atoms with E-state index in [9.17, 15) is 20.0 Å². The first kappa shape index (κ1) is 21.0. The molecule has 1 aliphatic carbocycles. The lowest BCUT2D eigenvalue weighted by Crippen LogP contribution is -2.20. The molecule has 8 heteroatoms. The zero-order valence-electron chi connectivity index (χ0n) is 16.3. The van der Waals surface area contributed by atoms with Crippen LogP contribution in [-0.2, 0) is 10.2 Å². The van der Waals surface area contributed by atoms with Gasteiger partial charge in [0.25, 0.3) is 5.69 Å². The molecule has 1 fully saturated rings. The number of amides is 1. The molecule has 0 saturated heterocycles. The quantitative estimate of drug-likeness (QED) is 0.386.